The predicted octanol–water partition coefficient (Wildman–Crippen LogP) is 1.75. The van der Waals surface area contributed by atoms with Crippen molar-refractivity contribution >= 4 is 10.0 Å². The van der Waals surface area contributed by atoms with Crippen molar-refractivity contribution in [3.05, 3.63) is 30.1 Å². The number of halogens is 1. The fraction of sp³-hybridized carbons (Fsp3) is 0.364. The van der Waals surface area contributed by atoms with Gasteiger partial charge in [-0.15, -0.1) is 0 Å². The first kappa shape index (κ1) is 13.6. The van der Waals surface area contributed by atoms with E-state index < -0.39 is 15.8 Å². The molecule has 0 atom stereocenters. The van der Waals surface area contributed by atoms with Gasteiger partial charge >= 0.3 is 0 Å². The number of sulfonamides is 1. The van der Waals surface area contributed by atoms with E-state index in [-0.39, 0.29) is 17.5 Å². The van der Waals surface area contributed by atoms with Crippen LogP contribution in [0.1, 0.15) is 13.8 Å². The van der Waals surface area contributed by atoms with Crippen LogP contribution >= 0.6 is 0 Å². The average Bonchev–Trinajstić information content (AvgIpc) is 2.25. The third kappa shape index (κ3) is 3.02. The number of nitrogens with zero attached hydrogens (tertiary/aromatic N) is 2. The van der Waals surface area contributed by atoms with Crippen LogP contribution in [0.2, 0.25) is 0 Å². The van der Waals surface area contributed by atoms with Crippen molar-refractivity contribution in [2.75, 3.05) is 6.54 Å². The normalized spacial score (nSPS) is 11.8. The van der Waals surface area contributed by atoms with Gasteiger partial charge < -0.3 is 0 Å². The van der Waals surface area contributed by atoms with Crippen molar-refractivity contribution < 1.29 is 12.8 Å². The standard InChI is InChI=1S/C11H13FN2O2S/c1-9(2)14(7-6-13)17(15,16)11-5-3-4-10(12)8-11/h3-5,8-9H,7H2,1-2H3. The van der Waals surface area contributed by atoms with Crippen LogP contribution in [0.4, 0.5) is 4.39 Å². The molecule has 0 aromatic heterocycles. The minimum absolute atomic E-state index is 0.138. The topological polar surface area (TPSA) is 61.2 Å². The summed E-state index contributed by atoms with van der Waals surface area (Å²) in [5, 5.41) is 8.62. The SMILES string of the molecule is CC(C)N(CC#N)S(=O)(=O)c1cccc(F)c1. The summed E-state index contributed by atoms with van der Waals surface area (Å²) in [5.74, 6) is -0.619. The molecule has 0 bridgehead atoms. The van der Waals surface area contributed by atoms with Gasteiger partial charge in [0.25, 0.3) is 0 Å². The Morgan fingerprint density at radius 1 is 1.47 bits per heavy atom. The summed E-state index contributed by atoms with van der Waals surface area (Å²) >= 11 is 0. The van der Waals surface area contributed by atoms with Crippen LogP contribution in [-0.2, 0) is 10.0 Å². The Kier molecular flexibility index (Phi) is 4.21. The van der Waals surface area contributed by atoms with E-state index in [1.54, 1.807) is 19.9 Å². The molecule has 1 aromatic carbocycles. The third-order valence-corrected chi connectivity index (χ3v) is 4.22. The summed E-state index contributed by atoms with van der Waals surface area (Å²) in [5.41, 5.74) is 0. The molecule has 0 aliphatic carbocycles. The van der Waals surface area contributed by atoms with Crippen molar-refractivity contribution in [3.8, 4) is 6.07 Å². The van der Waals surface area contributed by atoms with E-state index in [0.29, 0.717) is 0 Å². The van der Waals surface area contributed by atoms with Crippen molar-refractivity contribution in [2.24, 2.45) is 0 Å². The summed E-state index contributed by atoms with van der Waals surface area (Å²) < 4.78 is 38.3. The summed E-state index contributed by atoms with van der Waals surface area (Å²) in [4.78, 5) is -0.138. The highest BCUT2D eigenvalue weighted by molar-refractivity contribution is 7.89. The fourth-order valence-corrected chi connectivity index (χ4v) is 2.94. The number of hydrogen-bond acceptors (Lipinski definition) is 3. The first-order chi connectivity index (χ1) is 7.89. The Bertz CT molecular complexity index is 535. The molecule has 0 unspecified atom stereocenters. The van der Waals surface area contributed by atoms with E-state index in [4.69, 9.17) is 5.26 Å². The Morgan fingerprint density at radius 2 is 2.12 bits per heavy atom. The van der Waals surface area contributed by atoms with E-state index >= 15 is 0 Å². The molecule has 6 heteroatoms. The molecule has 0 radical (unpaired) electrons. The molecule has 0 amide bonds. The Morgan fingerprint density at radius 3 is 2.59 bits per heavy atom. The molecule has 0 N–H and O–H groups in total. The lowest BCUT2D eigenvalue weighted by Gasteiger charge is -2.22. The quantitative estimate of drug-likeness (QED) is 0.771. The van der Waals surface area contributed by atoms with E-state index in [0.717, 1.165) is 10.4 Å². The van der Waals surface area contributed by atoms with Gasteiger partial charge in [-0.25, -0.2) is 12.8 Å². The second-order valence-corrected chi connectivity index (χ2v) is 5.65. The van der Waals surface area contributed by atoms with Crippen LogP contribution < -0.4 is 0 Å². The Labute approximate surface area is 100 Å². The van der Waals surface area contributed by atoms with Crippen LogP contribution in [0, 0.1) is 17.1 Å². The summed E-state index contributed by atoms with van der Waals surface area (Å²) in [7, 11) is -3.81. The molecule has 92 valence electrons. The molecule has 0 aliphatic rings. The van der Waals surface area contributed by atoms with Gasteiger partial charge in [0.1, 0.15) is 12.4 Å². The van der Waals surface area contributed by atoms with Gasteiger partial charge in [0.2, 0.25) is 10.0 Å². The van der Waals surface area contributed by atoms with Gasteiger partial charge in [-0.05, 0) is 32.0 Å². The second-order valence-electron chi connectivity index (χ2n) is 3.76. The first-order valence-electron chi connectivity index (χ1n) is 5.04. The molecular weight excluding hydrogens is 243 g/mol. The van der Waals surface area contributed by atoms with E-state index in [9.17, 15) is 12.8 Å². The summed E-state index contributed by atoms with van der Waals surface area (Å²) in [6.45, 7) is 3.07. The Balaban J connectivity index is 3.22. The lowest BCUT2D eigenvalue weighted by Crippen LogP contribution is -2.37. The molecule has 1 rings (SSSR count). The molecule has 0 saturated heterocycles. The molecule has 4 nitrogen and oxygen atoms in total. The van der Waals surface area contributed by atoms with Crippen LogP contribution in [0.15, 0.2) is 29.2 Å². The largest absolute Gasteiger partial charge is 0.244 e. The highest BCUT2D eigenvalue weighted by Crippen LogP contribution is 2.18. The van der Waals surface area contributed by atoms with Crippen molar-refractivity contribution in [1.29, 1.82) is 5.26 Å². The van der Waals surface area contributed by atoms with Crippen molar-refractivity contribution in [1.82, 2.24) is 4.31 Å². The predicted molar refractivity (Wildman–Crippen MR) is 61.0 cm³/mol. The van der Waals surface area contributed by atoms with Gasteiger partial charge in [0, 0.05) is 6.04 Å². The zero-order valence-corrected chi connectivity index (χ0v) is 10.4. The fourth-order valence-electron chi connectivity index (χ4n) is 1.38. The Hall–Kier alpha value is -1.45. The van der Waals surface area contributed by atoms with Gasteiger partial charge in [-0.3, -0.25) is 0 Å². The lowest BCUT2D eigenvalue weighted by molar-refractivity contribution is 0.385. The van der Waals surface area contributed by atoms with Crippen LogP contribution in [0.3, 0.4) is 0 Å². The summed E-state index contributed by atoms with van der Waals surface area (Å²) in [6, 6.07) is 6.19. The van der Waals surface area contributed by atoms with Gasteiger partial charge in [0.05, 0.1) is 11.0 Å². The maximum absolute atomic E-state index is 13.0. The average molecular weight is 256 g/mol. The number of benzene rings is 1. The van der Waals surface area contributed by atoms with Gasteiger partial charge in [-0.1, -0.05) is 6.07 Å². The number of rotatable bonds is 4. The monoisotopic (exact) mass is 256 g/mol. The van der Waals surface area contributed by atoms with Crippen LogP contribution in [0.5, 0.6) is 0 Å². The van der Waals surface area contributed by atoms with Gasteiger partial charge in [0.15, 0.2) is 0 Å². The van der Waals surface area contributed by atoms with Gasteiger partial charge in [-0.2, -0.15) is 9.57 Å². The first-order valence-corrected chi connectivity index (χ1v) is 6.48. The summed E-state index contributed by atoms with van der Waals surface area (Å²) in [6.07, 6.45) is 0. The minimum Gasteiger partial charge on any atom is -0.207 e. The molecular formula is C11H13FN2O2S. The molecule has 0 saturated carbocycles. The zero-order valence-electron chi connectivity index (χ0n) is 9.59. The van der Waals surface area contributed by atoms with E-state index in [1.165, 1.54) is 18.2 Å². The van der Waals surface area contributed by atoms with E-state index in [2.05, 4.69) is 0 Å². The van der Waals surface area contributed by atoms with Crippen LogP contribution in [0.25, 0.3) is 0 Å². The molecule has 0 heterocycles. The van der Waals surface area contributed by atoms with Crippen LogP contribution in [-0.4, -0.2) is 25.3 Å². The zero-order chi connectivity index (χ0) is 13.1. The molecule has 0 fully saturated rings. The third-order valence-electron chi connectivity index (χ3n) is 2.21. The smallest absolute Gasteiger partial charge is 0.207 e. The highest BCUT2D eigenvalue weighted by atomic mass is 32.2. The molecule has 0 spiro atoms. The van der Waals surface area contributed by atoms with Crippen molar-refractivity contribution in [2.45, 2.75) is 24.8 Å². The maximum atomic E-state index is 13.0. The van der Waals surface area contributed by atoms with E-state index in [1.807, 2.05) is 0 Å². The molecule has 17 heavy (non-hydrogen) atoms. The maximum Gasteiger partial charge on any atom is 0.244 e. The lowest BCUT2D eigenvalue weighted by atomic mass is 10.4. The number of nitriles is 1. The molecule has 1 aromatic rings. The number of hydrogen-bond donors (Lipinski definition) is 0. The van der Waals surface area contributed by atoms with Crippen molar-refractivity contribution in [3.63, 3.8) is 0 Å². The molecule has 0 aliphatic heterocycles. The minimum atomic E-state index is -3.81. The highest BCUT2D eigenvalue weighted by Gasteiger charge is 2.26. The second kappa shape index (κ2) is 5.25.